The van der Waals surface area contributed by atoms with Crippen molar-refractivity contribution < 1.29 is 9.53 Å². The van der Waals surface area contributed by atoms with E-state index in [2.05, 4.69) is 27.1 Å². The monoisotopic (exact) mass is 306 g/mol. The number of rotatable bonds is 3. The van der Waals surface area contributed by atoms with Gasteiger partial charge in [-0.05, 0) is 45.6 Å². The Balaban J connectivity index is 1.81. The maximum Gasteiger partial charge on any atom is 0.407 e. The zero-order valence-corrected chi connectivity index (χ0v) is 13.9. The Hall–Kier alpha value is -1.85. The molecular formula is C16H26N4O2. The van der Waals surface area contributed by atoms with Crippen LogP contribution in [0.5, 0.6) is 0 Å². The fourth-order valence-electron chi connectivity index (χ4n) is 2.39. The molecule has 2 heterocycles. The van der Waals surface area contributed by atoms with Crippen molar-refractivity contribution in [2.24, 2.45) is 0 Å². The maximum absolute atomic E-state index is 11.8. The van der Waals surface area contributed by atoms with E-state index in [0.717, 1.165) is 43.9 Å². The largest absolute Gasteiger partial charge is 0.444 e. The third-order valence-electron chi connectivity index (χ3n) is 3.60. The summed E-state index contributed by atoms with van der Waals surface area (Å²) in [4.78, 5) is 22.8. The van der Waals surface area contributed by atoms with Crippen LogP contribution in [-0.2, 0) is 11.2 Å². The number of aryl methyl sites for hydroxylation is 1. The van der Waals surface area contributed by atoms with Gasteiger partial charge in [-0.25, -0.2) is 14.8 Å². The lowest BCUT2D eigenvalue weighted by molar-refractivity contribution is 0.0497. The minimum atomic E-state index is -0.459. The summed E-state index contributed by atoms with van der Waals surface area (Å²) < 4.78 is 5.29. The molecule has 6 heteroatoms. The smallest absolute Gasteiger partial charge is 0.407 e. The lowest BCUT2D eigenvalue weighted by Gasteiger charge is -2.32. The Labute approximate surface area is 132 Å². The van der Waals surface area contributed by atoms with Gasteiger partial charge in [0.25, 0.3) is 0 Å². The fourth-order valence-corrected chi connectivity index (χ4v) is 2.39. The molecule has 1 aromatic heterocycles. The summed E-state index contributed by atoms with van der Waals surface area (Å²) in [6, 6.07) is 0.154. The molecular weight excluding hydrogens is 280 g/mol. The molecule has 0 spiro atoms. The molecule has 1 saturated heterocycles. The van der Waals surface area contributed by atoms with Crippen molar-refractivity contribution in [1.82, 2.24) is 15.3 Å². The molecule has 1 aliphatic rings. The number of amides is 1. The number of nitrogens with zero attached hydrogens (tertiary/aromatic N) is 3. The number of hydrogen-bond donors (Lipinski definition) is 1. The van der Waals surface area contributed by atoms with E-state index in [1.54, 1.807) is 0 Å². The summed E-state index contributed by atoms with van der Waals surface area (Å²) in [7, 11) is 0. The van der Waals surface area contributed by atoms with Crippen LogP contribution in [0.1, 0.15) is 46.1 Å². The van der Waals surface area contributed by atoms with Gasteiger partial charge >= 0.3 is 6.09 Å². The number of piperidine rings is 1. The van der Waals surface area contributed by atoms with Crippen LogP contribution in [0.4, 0.5) is 10.7 Å². The van der Waals surface area contributed by atoms with Gasteiger partial charge in [-0.2, -0.15) is 0 Å². The van der Waals surface area contributed by atoms with E-state index < -0.39 is 5.60 Å². The average Bonchev–Trinajstić information content (AvgIpc) is 2.46. The van der Waals surface area contributed by atoms with Gasteiger partial charge in [0.15, 0.2) is 0 Å². The molecule has 1 N–H and O–H groups in total. The van der Waals surface area contributed by atoms with Crippen molar-refractivity contribution in [1.29, 1.82) is 0 Å². The third-order valence-corrected chi connectivity index (χ3v) is 3.60. The predicted molar refractivity (Wildman–Crippen MR) is 86.0 cm³/mol. The van der Waals surface area contributed by atoms with E-state index in [4.69, 9.17) is 4.74 Å². The van der Waals surface area contributed by atoms with E-state index in [-0.39, 0.29) is 12.1 Å². The first-order valence-electron chi connectivity index (χ1n) is 7.93. The zero-order chi connectivity index (χ0) is 16.2. The van der Waals surface area contributed by atoms with Crippen LogP contribution in [0, 0.1) is 0 Å². The molecule has 0 aliphatic carbocycles. The standard InChI is InChI=1S/C16H26N4O2/c1-5-12-10-17-14(18-11-12)20-8-6-13(7-9-20)19-15(21)22-16(2,3)4/h10-11,13H,5-9H2,1-4H3,(H,19,21). The molecule has 0 bridgehead atoms. The highest BCUT2D eigenvalue weighted by atomic mass is 16.6. The predicted octanol–water partition coefficient (Wildman–Crippen LogP) is 2.53. The molecule has 6 nitrogen and oxygen atoms in total. The topological polar surface area (TPSA) is 67.4 Å². The van der Waals surface area contributed by atoms with E-state index in [9.17, 15) is 4.79 Å². The molecule has 2 rings (SSSR count). The summed E-state index contributed by atoms with van der Waals surface area (Å²) in [5, 5.41) is 2.94. The van der Waals surface area contributed by atoms with Gasteiger partial charge in [-0.15, -0.1) is 0 Å². The highest BCUT2D eigenvalue weighted by Crippen LogP contribution is 2.16. The maximum atomic E-state index is 11.8. The number of ether oxygens (including phenoxy) is 1. The van der Waals surface area contributed by atoms with Gasteiger partial charge in [0, 0.05) is 31.5 Å². The molecule has 1 aliphatic heterocycles. The van der Waals surface area contributed by atoms with E-state index in [1.165, 1.54) is 0 Å². The molecule has 1 fully saturated rings. The number of alkyl carbamates (subject to hydrolysis) is 1. The average molecular weight is 306 g/mol. The summed E-state index contributed by atoms with van der Waals surface area (Å²) in [5.41, 5.74) is 0.685. The second-order valence-corrected chi connectivity index (χ2v) is 6.65. The lowest BCUT2D eigenvalue weighted by atomic mass is 10.1. The molecule has 122 valence electrons. The van der Waals surface area contributed by atoms with Crippen LogP contribution < -0.4 is 10.2 Å². The van der Waals surface area contributed by atoms with Gasteiger partial charge in [0.1, 0.15) is 5.60 Å². The van der Waals surface area contributed by atoms with Crippen LogP contribution in [-0.4, -0.2) is 40.8 Å². The van der Waals surface area contributed by atoms with Gasteiger partial charge in [0.05, 0.1) is 0 Å². The molecule has 0 aromatic carbocycles. The Morgan fingerprint density at radius 3 is 2.41 bits per heavy atom. The van der Waals surface area contributed by atoms with E-state index in [1.807, 2.05) is 33.2 Å². The second kappa shape index (κ2) is 6.94. The van der Waals surface area contributed by atoms with E-state index in [0.29, 0.717) is 0 Å². The zero-order valence-electron chi connectivity index (χ0n) is 13.9. The van der Waals surface area contributed by atoms with Gasteiger partial charge in [-0.3, -0.25) is 0 Å². The Bertz CT molecular complexity index is 488. The van der Waals surface area contributed by atoms with Gasteiger partial charge < -0.3 is 15.0 Å². The van der Waals surface area contributed by atoms with E-state index >= 15 is 0 Å². The quantitative estimate of drug-likeness (QED) is 0.929. The first-order chi connectivity index (χ1) is 10.4. The number of nitrogens with one attached hydrogen (secondary N) is 1. The van der Waals surface area contributed by atoms with Crippen molar-refractivity contribution >= 4 is 12.0 Å². The van der Waals surface area contributed by atoms with Crippen LogP contribution in [0.25, 0.3) is 0 Å². The number of carbonyl (C=O) groups is 1. The number of carbonyl (C=O) groups excluding carboxylic acids is 1. The van der Waals surface area contributed by atoms with Gasteiger partial charge in [0.2, 0.25) is 5.95 Å². The Kier molecular flexibility index (Phi) is 5.21. The molecule has 1 amide bonds. The fraction of sp³-hybridized carbons (Fsp3) is 0.688. The highest BCUT2D eigenvalue weighted by molar-refractivity contribution is 5.68. The molecule has 0 saturated carbocycles. The SMILES string of the molecule is CCc1cnc(N2CCC(NC(=O)OC(C)(C)C)CC2)nc1. The highest BCUT2D eigenvalue weighted by Gasteiger charge is 2.24. The van der Waals surface area contributed by atoms with Crippen molar-refractivity contribution in [2.45, 2.75) is 58.6 Å². The van der Waals surface area contributed by atoms with Crippen LogP contribution in [0.2, 0.25) is 0 Å². The number of hydrogen-bond acceptors (Lipinski definition) is 5. The first-order valence-corrected chi connectivity index (χ1v) is 7.93. The molecule has 22 heavy (non-hydrogen) atoms. The Morgan fingerprint density at radius 2 is 1.91 bits per heavy atom. The summed E-state index contributed by atoms with van der Waals surface area (Å²) in [5.74, 6) is 0.771. The van der Waals surface area contributed by atoms with Crippen molar-refractivity contribution in [2.75, 3.05) is 18.0 Å². The first kappa shape index (κ1) is 16.5. The normalized spacial score (nSPS) is 16.5. The third kappa shape index (κ3) is 4.86. The summed E-state index contributed by atoms with van der Waals surface area (Å²) in [6.45, 7) is 9.37. The van der Waals surface area contributed by atoms with Crippen LogP contribution in [0.15, 0.2) is 12.4 Å². The van der Waals surface area contributed by atoms with Crippen molar-refractivity contribution in [3.05, 3.63) is 18.0 Å². The minimum Gasteiger partial charge on any atom is -0.444 e. The second-order valence-electron chi connectivity index (χ2n) is 6.65. The van der Waals surface area contributed by atoms with Crippen LogP contribution >= 0.6 is 0 Å². The van der Waals surface area contributed by atoms with Crippen LogP contribution in [0.3, 0.4) is 0 Å². The summed E-state index contributed by atoms with van der Waals surface area (Å²) >= 11 is 0. The molecule has 0 unspecified atom stereocenters. The number of aromatic nitrogens is 2. The molecule has 0 radical (unpaired) electrons. The van der Waals surface area contributed by atoms with Gasteiger partial charge in [-0.1, -0.05) is 6.92 Å². The number of anilines is 1. The molecule has 0 atom stereocenters. The van der Waals surface area contributed by atoms with Crippen molar-refractivity contribution in [3.8, 4) is 0 Å². The lowest BCUT2D eigenvalue weighted by Crippen LogP contribution is -2.46. The summed E-state index contributed by atoms with van der Waals surface area (Å²) in [6.07, 6.45) is 6.12. The minimum absolute atomic E-state index is 0.154. The Morgan fingerprint density at radius 1 is 1.32 bits per heavy atom. The molecule has 1 aromatic rings. The van der Waals surface area contributed by atoms with Crippen molar-refractivity contribution in [3.63, 3.8) is 0 Å².